The van der Waals surface area contributed by atoms with Gasteiger partial charge in [0.1, 0.15) is 11.6 Å². The second kappa shape index (κ2) is 10.8. The van der Waals surface area contributed by atoms with Crippen LogP contribution in [0.2, 0.25) is 0 Å². The number of benzene rings is 1. The van der Waals surface area contributed by atoms with Gasteiger partial charge in [-0.2, -0.15) is 0 Å². The molecule has 2 aromatic heterocycles. The lowest BCUT2D eigenvalue weighted by Crippen LogP contribution is -2.36. The molecular formula is C24H28FN5O2. The average Bonchev–Trinajstić information content (AvgIpc) is 2.76. The number of carbonyl (C=O) groups excluding carboxylic acids is 1. The number of aromatic nitrogens is 3. The Bertz CT molecular complexity index is 1110. The molecule has 0 aliphatic rings. The number of carbonyl (C=O) groups is 1. The van der Waals surface area contributed by atoms with E-state index in [-0.39, 0.29) is 30.1 Å². The molecule has 32 heavy (non-hydrogen) atoms. The van der Waals surface area contributed by atoms with E-state index in [4.69, 9.17) is 0 Å². The minimum Gasteiger partial charge on any atom is -0.337 e. The van der Waals surface area contributed by atoms with Crippen molar-refractivity contribution in [3.63, 3.8) is 0 Å². The van der Waals surface area contributed by atoms with Crippen LogP contribution >= 0.6 is 0 Å². The van der Waals surface area contributed by atoms with Crippen molar-refractivity contribution < 1.29 is 9.18 Å². The van der Waals surface area contributed by atoms with Crippen LogP contribution in [0.15, 0.2) is 53.6 Å². The predicted molar refractivity (Wildman–Crippen MR) is 122 cm³/mol. The maximum atomic E-state index is 13.6. The van der Waals surface area contributed by atoms with Crippen molar-refractivity contribution >= 4 is 5.91 Å². The molecule has 7 nitrogen and oxygen atoms in total. The molecule has 0 atom stereocenters. The lowest BCUT2D eigenvalue weighted by Gasteiger charge is -2.25. The third-order valence-corrected chi connectivity index (χ3v) is 5.20. The van der Waals surface area contributed by atoms with Gasteiger partial charge in [0.25, 0.3) is 5.56 Å². The van der Waals surface area contributed by atoms with Crippen LogP contribution in [-0.2, 0) is 17.8 Å². The molecule has 0 aliphatic carbocycles. The van der Waals surface area contributed by atoms with Gasteiger partial charge in [0.15, 0.2) is 0 Å². The third kappa shape index (κ3) is 6.31. The van der Waals surface area contributed by atoms with Crippen molar-refractivity contribution in [3.05, 3.63) is 81.8 Å². The van der Waals surface area contributed by atoms with Crippen molar-refractivity contribution in [2.45, 2.75) is 26.3 Å². The third-order valence-electron chi connectivity index (χ3n) is 5.20. The highest BCUT2D eigenvalue weighted by Crippen LogP contribution is 2.15. The summed E-state index contributed by atoms with van der Waals surface area (Å²) in [5.74, 6) is 0.0573. The van der Waals surface area contributed by atoms with Crippen LogP contribution in [0.3, 0.4) is 0 Å². The van der Waals surface area contributed by atoms with Crippen molar-refractivity contribution in [1.82, 2.24) is 24.8 Å². The highest BCUT2D eigenvalue weighted by Gasteiger charge is 2.17. The van der Waals surface area contributed by atoms with E-state index in [1.54, 1.807) is 48.5 Å². The zero-order valence-corrected chi connectivity index (χ0v) is 18.6. The Morgan fingerprint density at radius 2 is 1.88 bits per heavy atom. The second-order valence-electron chi connectivity index (χ2n) is 7.96. The molecule has 8 heteroatoms. The molecule has 1 amide bonds. The van der Waals surface area contributed by atoms with Gasteiger partial charge in [0, 0.05) is 55.3 Å². The van der Waals surface area contributed by atoms with Crippen LogP contribution in [0.1, 0.15) is 23.2 Å². The molecule has 3 aromatic rings. The minimum atomic E-state index is -0.329. The first-order valence-corrected chi connectivity index (χ1v) is 10.5. The molecule has 0 saturated carbocycles. The monoisotopic (exact) mass is 437 g/mol. The number of hydrogen-bond donors (Lipinski definition) is 1. The number of nitrogens with one attached hydrogen (secondary N) is 1. The van der Waals surface area contributed by atoms with Crippen LogP contribution in [0.25, 0.3) is 11.4 Å². The van der Waals surface area contributed by atoms with E-state index < -0.39 is 0 Å². The van der Waals surface area contributed by atoms with E-state index in [1.165, 1.54) is 12.1 Å². The van der Waals surface area contributed by atoms with E-state index in [2.05, 4.69) is 15.0 Å². The van der Waals surface area contributed by atoms with Gasteiger partial charge in [-0.05, 0) is 57.3 Å². The highest BCUT2D eigenvalue weighted by atomic mass is 19.1. The fourth-order valence-electron chi connectivity index (χ4n) is 3.41. The number of nitrogens with zero attached hydrogens (tertiary/aromatic N) is 4. The van der Waals surface area contributed by atoms with Gasteiger partial charge in [-0.25, -0.2) is 9.37 Å². The topological polar surface area (TPSA) is 82.2 Å². The second-order valence-corrected chi connectivity index (χ2v) is 7.96. The first-order chi connectivity index (χ1) is 15.3. The van der Waals surface area contributed by atoms with Crippen molar-refractivity contribution in [1.29, 1.82) is 0 Å². The summed E-state index contributed by atoms with van der Waals surface area (Å²) in [7, 11) is 3.87. The summed E-state index contributed by atoms with van der Waals surface area (Å²) < 4.78 is 13.6. The molecule has 0 fully saturated rings. The molecule has 1 N–H and O–H groups in total. The summed E-state index contributed by atoms with van der Waals surface area (Å²) in [5.41, 5.74) is 2.34. The Kier molecular flexibility index (Phi) is 7.83. The maximum Gasteiger partial charge on any atom is 0.254 e. The summed E-state index contributed by atoms with van der Waals surface area (Å²) in [5, 5.41) is 0. The number of rotatable bonds is 9. The summed E-state index contributed by atoms with van der Waals surface area (Å²) in [6, 6.07) is 9.80. The molecule has 168 valence electrons. The van der Waals surface area contributed by atoms with Crippen molar-refractivity contribution in [3.8, 4) is 11.4 Å². The number of hydrogen-bond acceptors (Lipinski definition) is 5. The van der Waals surface area contributed by atoms with E-state index in [9.17, 15) is 14.0 Å². The predicted octanol–water partition coefficient (Wildman–Crippen LogP) is 2.80. The van der Waals surface area contributed by atoms with Crippen molar-refractivity contribution in [2.75, 3.05) is 27.2 Å². The first-order valence-electron chi connectivity index (χ1n) is 10.5. The first kappa shape index (κ1) is 23.3. The van der Waals surface area contributed by atoms with Crippen LogP contribution in [0.5, 0.6) is 0 Å². The summed E-state index contributed by atoms with van der Waals surface area (Å²) in [6.45, 7) is 3.29. The van der Waals surface area contributed by atoms with Crippen LogP contribution < -0.4 is 5.56 Å². The maximum absolute atomic E-state index is 13.6. The van der Waals surface area contributed by atoms with Crippen LogP contribution in [-0.4, -0.2) is 57.8 Å². The number of amides is 1. The fraction of sp³-hybridized carbons (Fsp3) is 0.333. The Morgan fingerprint density at radius 3 is 2.53 bits per heavy atom. The van der Waals surface area contributed by atoms with Gasteiger partial charge < -0.3 is 14.8 Å². The lowest BCUT2D eigenvalue weighted by atomic mass is 10.1. The number of pyridine rings is 1. The molecule has 2 heterocycles. The zero-order chi connectivity index (χ0) is 23.1. The zero-order valence-electron chi connectivity index (χ0n) is 18.6. The van der Waals surface area contributed by atoms with E-state index in [0.29, 0.717) is 36.7 Å². The van der Waals surface area contributed by atoms with E-state index in [0.717, 1.165) is 11.1 Å². The summed E-state index contributed by atoms with van der Waals surface area (Å²) in [4.78, 5) is 40.7. The number of H-pyrrole nitrogens is 1. The Hall–Kier alpha value is -3.39. The van der Waals surface area contributed by atoms with Gasteiger partial charge >= 0.3 is 0 Å². The highest BCUT2D eigenvalue weighted by molar-refractivity contribution is 5.76. The molecule has 1 aromatic carbocycles. The normalized spacial score (nSPS) is 11.0. The number of aryl methyl sites for hydroxylation is 1. The quantitative estimate of drug-likeness (QED) is 0.557. The van der Waals surface area contributed by atoms with Gasteiger partial charge in [-0.1, -0.05) is 12.1 Å². The fourth-order valence-corrected chi connectivity index (χ4v) is 3.41. The standard InChI is InChI=1S/C24H28FN5O2/c1-17-21(24(32)28-23(27-17)19-9-11-26-12-10-19)7-8-22(31)30(14-13-29(2)3)16-18-5-4-6-20(25)15-18/h4-6,9-12,15H,7-8,13-14,16H2,1-3H3,(H,27,28,32). The largest absolute Gasteiger partial charge is 0.337 e. The van der Waals surface area contributed by atoms with E-state index in [1.807, 2.05) is 19.0 Å². The molecule has 0 radical (unpaired) electrons. The molecule has 0 spiro atoms. The Morgan fingerprint density at radius 1 is 1.12 bits per heavy atom. The Labute approximate surface area is 186 Å². The summed E-state index contributed by atoms with van der Waals surface area (Å²) in [6.07, 6.45) is 3.73. The van der Waals surface area contributed by atoms with Gasteiger partial charge in [0.2, 0.25) is 5.91 Å². The smallest absolute Gasteiger partial charge is 0.254 e. The number of likely N-dealkylation sites (N-methyl/N-ethyl adjacent to an activating group) is 1. The molecule has 0 bridgehead atoms. The minimum absolute atomic E-state index is 0.0897. The SMILES string of the molecule is Cc1nc(-c2ccncc2)[nH]c(=O)c1CCC(=O)N(CCN(C)C)Cc1cccc(F)c1. The van der Waals surface area contributed by atoms with Crippen LogP contribution in [0, 0.1) is 12.7 Å². The summed E-state index contributed by atoms with van der Waals surface area (Å²) >= 11 is 0. The Balaban J connectivity index is 1.72. The molecular weight excluding hydrogens is 409 g/mol. The number of aromatic amines is 1. The van der Waals surface area contributed by atoms with Gasteiger partial charge in [-0.15, -0.1) is 0 Å². The molecule has 0 unspecified atom stereocenters. The van der Waals surface area contributed by atoms with Crippen molar-refractivity contribution in [2.24, 2.45) is 0 Å². The lowest BCUT2D eigenvalue weighted by molar-refractivity contribution is -0.132. The average molecular weight is 438 g/mol. The van der Waals surface area contributed by atoms with Gasteiger partial charge in [-0.3, -0.25) is 14.6 Å². The molecule has 3 rings (SSSR count). The van der Waals surface area contributed by atoms with Gasteiger partial charge in [0.05, 0.1) is 0 Å². The number of halogens is 1. The van der Waals surface area contributed by atoms with Crippen LogP contribution in [0.4, 0.5) is 4.39 Å². The molecule has 0 aliphatic heterocycles. The van der Waals surface area contributed by atoms with E-state index >= 15 is 0 Å². The molecule has 0 saturated heterocycles.